The van der Waals surface area contributed by atoms with Gasteiger partial charge in [-0.05, 0) is 40.8 Å². The van der Waals surface area contributed by atoms with Crippen LogP contribution in [0.3, 0.4) is 0 Å². The molecule has 0 aliphatic carbocycles. The van der Waals surface area contributed by atoms with E-state index in [0.29, 0.717) is 0 Å². The summed E-state index contributed by atoms with van der Waals surface area (Å²) in [6.07, 6.45) is 1.82. The van der Waals surface area contributed by atoms with Gasteiger partial charge in [0.25, 0.3) is 0 Å². The fourth-order valence-corrected chi connectivity index (χ4v) is 1.68. The van der Waals surface area contributed by atoms with Gasteiger partial charge >= 0.3 is 0 Å². The van der Waals surface area contributed by atoms with E-state index in [2.05, 4.69) is 44.3 Å². The maximum absolute atomic E-state index is 4.24. The largest absolute Gasteiger partial charge is 0.338 e. The number of rotatable bonds is 0. The van der Waals surface area contributed by atoms with Crippen molar-refractivity contribution >= 4 is 33.6 Å². The number of aryl methyl sites for hydroxylation is 1. The third kappa shape index (κ3) is 1.03. The molecule has 0 saturated heterocycles. The molecule has 2 aromatic heterocycles. The summed E-state index contributed by atoms with van der Waals surface area (Å²) in [5, 5.41) is 0. The summed E-state index contributed by atoms with van der Waals surface area (Å²) in [6.45, 7) is 0. The van der Waals surface area contributed by atoms with Gasteiger partial charge in [0.2, 0.25) is 0 Å². The summed E-state index contributed by atoms with van der Waals surface area (Å²) in [5.74, 6) is 0. The number of pyridine rings is 1. The summed E-state index contributed by atoms with van der Waals surface area (Å²) in [4.78, 5) is 4.24. The molecule has 0 atom stereocenters. The molecule has 0 spiro atoms. The van der Waals surface area contributed by atoms with Crippen molar-refractivity contribution in [1.82, 2.24) is 9.55 Å². The van der Waals surface area contributed by atoms with Crippen molar-refractivity contribution in [3.05, 3.63) is 28.1 Å². The van der Waals surface area contributed by atoms with Gasteiger partial charge in [0.05, 0.1) is 14.7 Å². The van der Waals surface area contributed by atoms with E-state index in [-0.39, 0.29) is 0 Å². The second-order valence-electron chi connectivity index (χ2n) is 2.43. The zero-order valence-corrected chi connectivity index (χ0v) is 8.24. The Morgan fingerprint density at radius 1 is 1.55 bits per heavy atom. The number of halogens is 1. The van der Waals surface area contributed by atoms with E-state index in [9.17, 15) is 0 Å². The molecule has 2 heterocycles. The summed E-state index contributed by atoms with van der Waals surface area (Å²) in [5.41, 5.74) is 2.26. The van der Waals surface area contributed by atoms with Crippen LogP contribution in [0.2, 0.25) is 0 Å². The average Bonchev–Trinajstić information content (AvgIpc) is 2.30. The molecule has 11 heavy (non-hydrogen) atoms. The highest BCUT2D eigenvalue weighted by molar-refractivity contribution is 14.1. The molecule has 0 bridgehead atoms. The van der Waals surface area contributed by atoms with Crippen LogP contribution in [0.25, 0.3) is 11.0 Å². The molecule has 3 heteroatoms. The van der Waals surface area contributed by atoms with Gasteiger partial charge in [0.1, 0.15) is 0 Å². The van der Waals surface area contributed by atoms with Gasteiger partial charge < -0.3 is 4.57 Å². The molecule has 0 radical (unpaired) electrons. The van der Waals surface area contributed by atoms with Crippen molar-refractivity contribution in [2.75, 3.05) is 0 Å². The molecule has 0 fully saturated rings. The van der Waals surface area contributed by atoms with Crippen molar-refractivity contribution in [3.8, 4) is 0 Å². The Kier molecular flexibility index (Phi) is 1.60. The average molecular weight is 258 g/mol. The molecule has 0 aromatic carbocycles. The smallest absolute Gasteiger partial charge is 0.0892 e. The highest BCUT2D eigenvalue weighted by Crippen LogP contribution is 2.16. The molecule has 56 valence electrons. The van der Waals surface area contributed by atoms with Crippen LogP contribution in [-0.4, -0.2) is 9.55 Å². The Hall–Kier alpha value is -0.580. The first kappa shape index (κ1) is 7.09. The topological polar surface area (TPSA) is 17.8 Å². The van der Waals surface area contributed by atoms with E-state index in [1.807, 2.05) is 19.3 Å². The molecule has 0 N–H and O–H groups in total. The minimum absolute atomic E-state index is 1.07. The van der Waals surface area contributed by atoms with E-state index in [4.69, 9.17) is 0 Å². The van der Waals surface area contributed by atoms with Gasteiger partial charge in [-0.15, -0.1) is 0 Å². The predicted octanol–water partition coefficient (Wildman–Crippen LogP) is 2.18. The van der Waals surface area contributed by atoms with Crippen LogP contribution in [0.4, 0.5) is 0 Å². The van der Waals surface area contributed by atoms with Gasteiger partial charge in [-0.2, -0.15) is 0 Å². The molecule has 0 aliphatic rings. The zero-order chi connectivity index (χ0) is 7.84. The quantitative estimate of drug-likeness (QED) is 0.662. The van der Waals surface area contributed by atoms with Crippen LogP contribution < -0.4 is 0 Å². The second kappa shape index (κ2) is 2.48. The molecular formula is C8H7IN2. The van der Waals surface area contributed by atoms with Crippen molar-refractivity contribution in [1.29, 1.82) is 0 Å². The first-order valence-electron chi connectivity index (χ1n) is 3.35. The second-order valence-corrected chi connectivity index (χ2v) is 3.54. The van der Waals surface area contributed by atoms with Gasteiger partial charge in [-0.3, -0.25) is 4.98 Å². The van der Waals surface area contributed by atoms with E-state index in [1.54, 1.807) is 0 Å². The third-order valence-corrected chi connectivity index (χ3v) is 2.79. The Morgan fingerprint density at radius 3 is 3.09 bits per heavy atom. The number of hydrogen-bond donors (Lipinski definition) is 0. The van der Waals surface area contributed by atoms with Crippen molar-refractivity contribution in [3.63, 3.8) is 0 Å². The van der Waals surface area contributed by atoms with Crippen molar-refractivity contribution in [2.45, 2.75) is 0 Å². The first-order chi connectivity index (χ1) is 5.29. The van der Waals surface area contributed by atoms with Crippen LogP contribution in [0.15, 0.2) is 24.4 Å². The highest BCUT2D eigenvalue weighted by Gasteiger charge is 2.01. The SMILES string of the molecule is Cn1c(I)cc2ncccc21. The number of nitrogens with zero attached hydrogens (tertiary/aromatic N) is 2. The maximum Gasteiger partial charge on any atom is 0.0892 e. The summed E-state index contributed by atoms with van der Waals surface area (Å²) < 4.78 is 3.35. The van der Waals surface area contributed by atoms with Crippen molar-refractivity contribution < 1.29 is 0 Å². The summed E-state index contributed by atoms with van der Waals surface area (Å²) in [6, 6.07) is 6.11. The minimum atomic E-state index is 1.07. The van der Waals surface area contributed by atoms with Crippen LogP contribution in [-0.2, 0) is 7.05 Å². The Balaban J connectivity index is 2.92. The van der Waals surface area contributed by atoms with Gasteiger partial charge in [-0.1, -0.05) is 0 Å². The van der Waals surface area contributed by atoms with Crippen LogP contribution in [0, 0.1) is 3.70 Å². The third-order valence-electron chi connectivity index (χ3n) is 1.75. The molecule has 0 amide bonds. The molecule has 0 unspecified atom stereocenters. The number of fused-ring (bicyclic) bond motifs is 1. The first-order valence-corrected chi connectivity index (χ1v) is 4.43. The molecule has 0 saturated carbocycles. The number of hydrogen-bond acceptors (Lipinski definition) is 1. The predicted molar refractivity (Wildman–Crippen MR) is 53.4 cm³/mol. The lowest BCUT2D eigenvalue weighted by molar-refractivity contribution is 0.937. The lowest BCUT2D eigenvalue weighted by Gasteiger charge is -1.94. The van der Waals surface area contributed by atoms with Gasteiger partial charge in [-0.25, -0.2) is 0 Å². The van der Waals surface area contributed by atoms with Crippen LogP contribution in [0.5, 0.6) is 0 Å². The summed E-state index contributed by atoms with van der Waals surface area (Å²) in [7, 11) is 2.05. The molecule has 2 nitrogen and oxygen atoms in total. The van der Waals surface area contributed by atoms with Crippen LogP contribution >= 0.6 is 22.6 Å². The molecular weight excluding hydrogens is 251 g/mol. The standard InChI is InChI=1S/C8H7IN2/c1-11-7-3-2-4-10-6(7)5-8(11)9/h2-5H,1H3. The fourth-order valence-electron chi connectivity index (χ4n) is 1.13. The lowest BCUT2D eigenvalue weighted by Crippen LogP contribution is -1.88. The zero-order valence-electron chi connectivity index (χ0n) is 6.08. The Morgan fingerprint density at radius 2 is 2.36 bits per heavy atom. The fraction of sp³-hybridized carbons (Fsp3) is 0.125. The molecule has 0 aliphatic heterocycles. The number of aromatic nitrogens is 2. The van der Waals surface area contributed by atoms with Gasteiger partial charge in [0, 0.05) is 13.2 Å². The Bertz CT molecular complexity index is 392. The monoisotopic (exact) mass is 258 g/mol. The van der Waals surface area contributed by atoms with Crippen molar-refractivity contribution in [2.24, 2.45) is 7.05 Å². The molecule has 2 rings (SSSR count). The lowest BCUT2D eigenvalue weighted by atomic mass is 10.4. The Labute approximate surface area is 78.4 Å². The normalized spacial score (nSPS) is 10.7. The minimum Gasteiger partial charge on any atom is -0.338 e. The van der Waals surface area contributed by atoms with E-state index in [1.165, 1.54) is 9.22 Å². The molecule has 2 aromatic rings. The van der Waals surface area contributed by atoms with Crippen LogP contribution in [0.1, 0.15) is 0 Å². The maximum atomic E-state index is 4.24. The van der Waals surface area contributed by atoms with E-state index < -0.39 is 0 Å². The summed E-state index contributed by atoms with van der Waals surface area (Å²) >= 11 is 2.30. The highest BCUT2D eigenvalue weighted by atomic mass is 127. The van der Waals surface area contributed by atoms with E-state index in [0.717, 1.165) is 5.52 Å². The van der Waals surface area contributed by atoms with Gasteiger partial charge in [0.15, 0.2) is 0 Å². The van der Waals surface area contributed by atoms with E-state index >= 15 is 0 Å².